The van der Waals surface area contributed by atoms with Crippen molar-refractivity contribution >= 4 is 0 Å². The number of imidazole rings is 1. The van der Waals surface area contributed by atoms with E-state index in [1.807, 2.05) is 52.3 Å². The molecule has 4 heteroatoms. The molecule has 0 spiro atoms. The van der Waals surface area contributed by atoms with Gasteiger partial charge in [0.05, 0.1) is 23.8 Å². The monoisotopic (exact) mass is 234 g/mol. The Balaban J connectivity index is 0.000000581. The number of aryl methyl sites for hydroxylation is 2. The lowest BCUT2D eigenvalue weighted by molar-refractivity contribution is 0.956. The quantitative estimate of drug-likeness (QED) is 0.760. The van der Waals surface area contributed by atoms with E-state index < -0.39 is 0 Å². The number of aromatic nitrogens is 4. The Morgan fingerprint density at radius 3 is 1.88 bits per heavy atom. The van der Waals surface area contributed by atoms with E-state index in [1.165, 1.54) is 0 Å². The van der Waals surface area contributed by atoms with Crippen LogP contribution in [0.2, 0.25) is 0 Å². The van der Waals surface area contributed by atoms with Gasteiger partial charge in [-0.15, -0.1) is 0 Å². The highest BCUT2D eigenvalue weighted by atomic mass is 15.1. The van der Waals surface area contributed by atoms with Crippen LogP contribution in [-0.4, -0.2) is 19.5 Å². The average molecular weight is 234 g/mol. The number of hydrogen-bond donors (Lipinski definition) is 0. The predicted molar refractivity (Wildman–Crippen MR) is 71.3 cm³/mol. The van der Waals surface area contributed by atoms with Gasteiger partial charge in [-0.25, -0.2) is 9.97 Å². The van der Waals surface area contributed by atoms with Crippen molar-refractivity contribution in [2.24, 2.45) is 0 Å². The van der Waals surface area contributed by atoms with Crippen molar-refractivity contribution in [2.45, 2.75) is 41.5 Å². The summed E-state index contributed by atoms with van der Waals surface area (Å²) in [6.45, 7) is 11.9. The second-order valence-electron chi connectivity index (χ2n) is 2.94. The highest BCUT2D eigenvalue weighted by Gasteiger charge is 1.98. The summed E-state index contributed by atoms with van der Waals surface area (Å²) in [5.41, 5.74) is 1.89. The van der Waals surface area contributed by atoms with Crippen LogP contribution in [0.5, 0.6) is 0 Å². The first kappa shape index (κ1) is 15.3. The van der Waals surface area contributed by atoms with Gasteiger partial charge >= 0.3 is 0 Å². The third-order valence-corrected chi connectivity index (χ3v) is 1.74. The molecule has 0 saturated heterocycles. The normalized spacial score (nSPS) is 8.59. The van der Waals surface area contributed by atoms with Crippen LogP contribution in [0.15, 0.2) is 24.9 Å². The zero-order valence-electron chi connectivity index (χ0n) is 11.6. The molecule has 0 aliphatic rings. The highest BCUT2D eigenvalue weighted by Crippen LogP contribution is 2.03. The van der Waals surface area contributed by atoms with E-state index in [0.717, 1.165) is 17.2 Å². The van der Waals surface area contributed by atoms with Crippen LogP contribution in [0.3, 0.4) is 0 Å². The fraction of sp³-hybridized carbons (Fsp3) is 0.462. The van der Waals surface area contributed by atoms with Gasteiger partial charge in [-0.05, 0) is 13.8 Å². The van der Waals surface area contributed by atoms with Crippen LogP contribution in [0.25, 0.3) is 5.82 Å². The second-order valence-corrected chi connectivity index (χ2v) is 2.94. The van der Waals surface area contributed by atoms with E-state index in [1.54, 1.807) is 18.7 Å². The molecular formula is C13H22N4. The van der Waals surface area contributed by atoms with Crippen LogP contribution >= 0.6 is 0 Å². The van der Waals surface area contributed by atoms with Gasteiger partial charge < -0.3 is 0 Å². The maximum absolute atomic E-state index is 4.22. The zero-order chi connectivity index (χ0) is 13.3. The van der Waals surface area contributed by atoms with Gasteiger partial charge in [0.2, 0.25) is 0 Å². The summed E-state index contributed by atoms with van der Waals surface area (Å²) >= 11 is 0. The third-order valence-electron chi connectivity index (χ3n) is 1.74. The summed E-state index contributed by atoms with van der Waals surface area (Å²) in [5, 5.41) is 0. The topological polar surface area (TPSA) is 43.6 Å². The first-order valence-electron chi connectivity index (χ1n) is 6.05. The van der Waals surface area contributed by atoms with Gasteiger partial charge in [0.25, 0.3) is 0 Å². The molecule has 17 heavy (non-hydrogen) atoms. The highest BCUT2D eigenvalue weighted by molar-refractivity contribution is 5.19. The van der Waals surface area contributed by atoms with Crippen molar-refractivity contribution < 1.29 is 0 Å². The Morgan fingerprint density at radius 1 is 0.824 bits per heavy atom. The minimum Gasteiger partial charge on any atom is -0.289 e. The van der Waals surface area contributed by atoms with E-state index >= 15 is 0 Å². The third kappa shape index (κ3) is 4.76. The van der Waals surface area contributed by atoms with E-state index in [9.17, 15) is 0 Å². The summed E-state index contributed by atoms with van der Waals surface area (Å²) < 4.78 is 1.85. The lowest BCUT2D eigenvalue weighted by atomic mass is 10.5. The lowest BCUT2D eigenvalue weighted by Gasteiger charge is -1.98. The van der Waals surface area contributed by atoms with Gasteiger partial charge in [-0.3, -0.25) is 9.55 Å². The Bertz CT molecular complexity index is 404. The fourth-order valence-corrected chi connectivity index (χ4v) is 1.07. The van der Waals surface area contributed by atoms with Crippen molar-refractivity contribution in [1.82, 2.24) is 19.5 Å². The van der Waals surface area contributed by atoms with Gasteiger partial charge in [-0.1, -0.05) is 27.7 Å². The summed E-state index contributed by atoms with van der Waals surface area (Å²) in [6.07, 6.45) is 7.12. The molecule has 94 valence electrons. The Labute approximate surface area is 104 Å². The van der Waals surface area contributed by atoms with Crippen LogP contribution in [0.4, 0.5) is 0 Å². The maximum Gasteiger partial charge on any atom is 0.156 e. The molecule has 0 amide bonds. The van der Waals surface area contributed by atoms with Crippen molar-refractivity contribution in [2.75, 3.05) is 0 Å². The molecule has 2 aromatic heterocycles. The molecule has 2 aromatic rings. The van der Waals surface area contributed by atoms with E-state index in [0.29, 0.717) is 0 Å². The molecule has 0 aromatic carbocycles. The first-order valence-corrected chi connectivity index (χ1v) is 6.05. The largest absolute Gasteiger partial charge is 0.289 e. The molecule has 4 nitrogen and oxygen atoms in total. The average Bonchev–Trinajstić information content (AvgIpc) is 2.82. The van der Waals surface area contributed by atoms with Gasteiger partial charge in [0.15, 0.2) is 5.82 Å². The first-order chi connectivity index (χ1) is 8.25. The molecule has 0 aliphatic heterocycles. The number of nitrogens with zero attached hydrogens (tertiary/aromatic N) is 4. The standard InChI is InChI=1S/C9H10N4.2C2H6/c1-7-3-11-9(4-10-7)13-5-8(2)12-6-13;2*1-2/h3-6H,1-2H3;2*1-2H3. The van der Waals surface area contributed by atoms with Gasteiger partial charge in [0, 0.05) is 6.20 Å². The Hall–Kier alpha value is -1.71. The molecule has 0 radical (unpaired) electrons. The molecule has 2 rings (SSSR count). The van der Waals surface area contributed by atoms with Crippen LogP contribution in [0.1, 0.15) is 39.1 Å². The summed E-state index contributed by atoms with van der Waals surface area (Å²) in [6, 6.07) is 0. The van der Waals surface area contributed by atoms with Gasteiger partial charge in [0.1, 0.15) is 6.33 Å². The molecule has 2 heterocycles. The van der Waals surface area contributed by atoms with Crippen LogP contribution in [-0.2, 0) is 0 Å². The molecule has 0 N–H and O–H groups in total. The van der Waals surface area contributed by atoms with E-state index in [4.69, 9.17) is 0 Å². The second kappa shape index (κ2) is 8.44. The number of rotatable bonds is 1. The Morgan fingerprint density at radius 2 is 1.47 bits per heavy atom. The Kier molecular flexibility index (Phi) is 7.59. The minimum absolute atomic E-state index is 0.797. The molecule has 0 fully saturated rings. The lowest BCUT2D eigenvalue weighted by Crippen LogP contribution is -1.95. The summed E-state index contributed by atoms with van der Waals surface area (Å²) in [4.78, 5) is 12.5. The zero-order valence-corrected chi connectivity index (χ0v) is 11.6. The van der Waals surface area contributed by atoms with Crippen molar-refractivity contribution in [3.05, 3.63) is 36.3 Å². The maximum atomic E-state index is 4.22. The minimum atomic E-state index is 0.797. The molecule has 0 aliphatic carbocycles. The SMILES string of the molecule is CC.CC.Cc1cnc(-n2cnc(C)c2)cn1. The smallest absolute Gasteiger partial charge is 0.156 e. The molecule has 0 unspecified atom stereocenters. The molecule has 0 atom stereocenters. The molecule has 0 bridgehead atoms. The van der Waals surface area contributed by atoms with Gasteiger partial charge in [-0.2, -0.15) is 0 Å². The number of hydrogen-bond acceptors (Lipinski definition) is 3. The van der Waals surface area contributed by atoms with E-state index in [2.05, 4.69) is 15.0 Å². The van der Waals surface area contributed by atoms with Crippen molar-refractivity contribution in [3.63, 3.8) is 0 Å². The predicted octanol–water partition coefficient (Wildman–Crippen LogP) is 3.33. The van der Waals surface area contributed by atoms with E-state index in [-0.39, 0.29) is 0 Å². The van der Waals surface area contributed by atoms with Crippen LogP contribution < -0.4 is 0 Å². The summed E-state index contributed by atoms with van der Waals surface area (Å²) in [5.74, 6) is 0.797. The summed E-state index contributed by atoms with van der Waals surface area (Å²) in [7, 11) is 0. The van der Waals surface area contributed by atoms with Crippen molar-refractivity contribution in [3.8, 4) is 5.82 Å². The van der Waals surface area contributed by atoms with Crippen molar-refractivity contribution in [1.29, 1.82) is 0 Å². The molecular weight excluding hydrogens is 212 g/mol. The molecule has 0 saturated carbocycles. The fourth-order valence-electron chi connectivity index (χ4n) is 1.07. The van der Waals surface area contributed by atoms with Crippen LogP contribution in [0, 0.1) is 13.8 Å².